The molecule has 0 aliphatic rings. The average Bonchev–Trinajstić information content (AvgIpc) is 2.76. The van der Waals surface area contributed by atoms with E-state index in [-0.39, 0.29) is 6.61 Å². The number of nitrogens with zero attached hydrogens (tertiary/aromatic N) is 2. The van der Waals surface area contributed by atoms with E-state index in [1.165, 1.54) is 7.11 Å². The Kier molecular flexibility index (Phi) is 6.73. The fourth-order valence-corrected chi connectivity index (χ4v) is 2.66. The quantitative estimate of drug-likeness (QED) is 0.475. The monoisotopic (exact) mass is 387 g/mol. The molecule has 0 saturated heterocycles. The average molecular weight is 387 g/mol. The summed E-state index contributed by atoms with van der Waals surface area (Å²) in [5, 5.41) is 8.72. The molecule has 0 heterocycles. The molecular formula is C23H21N3O3. The number of amides is 1. The van der Waals surface area contributed by atoms with Gasteiger partial charge < -0.3 is 15.2 Å². The SMILES string of the molecule is COc1cc(/C=N/N=C(c2ccccc2)c2ccccc2)ccc1OCC(N)=O. The van der Waals surface area contributed by atoms with Gasteiger partial charge in [-0.1, -0.05) is 60.7 Å². The Hall–Kier alpha value is -3.93. The molecule has 6 heteroatoms. The molecule has 0 radical (unpaired) electrons. The summed E-state index contributed by atoms with van der Waals surface area (Å²) in [6, 6.07) is 25.0. The fourth-order valence-electron chi connectivity index (χ4n) is 2.66. The Bertz CT molecular complexity index is 975. The smallest absolute Gasteiger partial charge is 0.255 e. The third-order valence-corrected chi connectivity index (χ3v) is 4.02. The van der Waals surface area contributed by atoms with Gasteiger partial charge in [0, 0.05) is 11.1 Å². The molecule has 6 nitrogen and oxygen atoms in total. The van der Waals surface area contributed by atoms with Gasteiger partial charge in [-0.2, -0.15) is 5.10 Å². The van der Waals surface area contributed by atoms with Crippen LogP contribution in [-0.2, 0) is 4.79 Å². The van der Waals surface area contributed by atoms with Crippen LogP contribution in [0.25, 0.3) is 0 Å². The molecule has 1 amide bonds. The highest BCUT2D eigenvalue weighted by molar-refractivity contribution is 6.12. The molecule has 0 aliphatic carbocycles. The zero-order chi connectivity index (χ0) is 20.5. The highest BCUT2D eigenvalue weighted by Crippen LogP contribution is 2.27. The normalized spacial score (nSPS) is 10.5. The van der Waals surface area contributed by atoms with E-state index < -0.39 is 5.91 Å². The minimum absolute atomic E-state index is 0.217. The lowest BCUT2D eigenvalue weighted by Crippen LogP contribution is -2.20. The van der Waals surface area contributed by atoms with Crippen LogP contribution in [0.2, 0.25) is 0 Å². The van der Waals surface area contributed by atoms with Gasteiger partial charge in [0.25, 0.3) is 5.91 Å². The van der Waals surface area contributed by atoms with E-state index in [2.05, 4.69) is 10.2 Å². The molecule has 0 bridgehead atoms. The summed E-state index contributed by atoms with van der Waals surface area (Å²) in [7, 11) is 1.52. The zero-order valence-electron chi connectivity index (χ0n) is 16.0. The molecule has 0 atom stereocenters. The molecule has 0 spiro atoms. The number of nitrogens with two attached hydrogens (primary N) is 1. The summed E-state index contributed by atoms with van der Waals surface area (Å²) < 4.78 is 10.6. The molecule has 0 unspecified atom stereocenters. The van der Waals surface area contributed by atoms with Crippen LogP contribution in [0.4, 0.5) is 0 Å². The summed E-state index contributed by atoms with van der Waals surface area (Å²) in [6.07, 6.45) is 1.63. The van der Waals surface area contributed by atoms with E-state index in [0.717, 1.165) is 22.4 Å². The van der Waals surface area contributed by atoms with E-state index in [1.807, 2.05) is 60.7 Å². The molecular weight excluding hydrogens is 366 g/mol. The summed E-state index contributed by atoms with van der Waals surface area (Å²) in [5.41, 5.74) is 8.61. The van der Waals surface area contributed by atoms with Crippen molar-refractivity contribution in [2.45, 2.75) is 0 Å². The minimum atomic E-state index is -0.554. The molecule has 0 saturated carbocycles. The van der Waals surface area contributed by atoms with Crippen LogP contribution in [0.1, 0.15) is 16.7 Å². The number of carbonyl (C=O) groups is 1. The van der Waals surface area contributed by atoms with Gasteiger partial charge in [0.15, 0.2) is 18.1 Å². The van der Waals surface area contributed by atoms with Crippen molar-refractivity contribution >= 4 is 17.8 Å². The van der Waals surface area contributed by atoms with E-state index in [9.17, 15) is 4.79 Å². The Balaban J connectivity index is 1.86. The van der Waals surface area contributed by atoms with Crippen LogP contribution in [-0.4, -0.2) is 31.6 Å². The second-order valence-corrected chi connectivity index (χ2v) is 6.09. The predicted octanol–water partition coefficient (Wildman–Crippen LogP) is 3.43. The van der Waals surface area contributed by atoms with Gasteiger partial charge in [-0.05, 0) is 23.8 Å². The van der Waals surface area contributed by atoms with Crippen LogP contribution < -0.4 is 15.2 Å². The van der Waals surface area contributed by atoms with E-state index in [1.54, 1.807) is 24.4 Å². The first-order valence-electron chi connectivity index (χ1n) is 8.98. The molecule has 0 fully saturated rings. The van der Waals surface area contributed by atoms with Gasteiger partial charge >= 0.3 is 0 Å². The highest BCUT2D eigenvalue weighted by Gasteiger charge is 2.07. The first-order valence-corrected chi connectivity index (χ1v) is 8.98. The summed E-state index contributed by atoms with van der Waals surface area (Å²) in [6.45, 7) is -0.217. The van der Waals surface area contributed by atoms with Crippen molar-refractivity contribution in [3.8, 4) is 11.5 Å². The molecule has 3 aromatic rings. The maximum absolute atomic E-state index is 10.9. The second-order valence-electron chi connectivity index (χ2n) is 6.09. The van der Waals surface area contributed by atoms with Crippen LogP contribution in [0, 0.1) is 0 Å². The second kappa shape index (κ2) is 9.85. The Morgan fingerprint density at radius 1 is 0.931 bits per heavy atom. The van der Waals surface area contributed by atoms with E-state index in [0.29, 0.717) is 11.5 Å². The number of hydrogen-bond acceptors (Lipinski definition) is 5. The van der Waals surface area contributed by atoms with Crippen molar-refractivity contribution in [2.24, 2.45) is 15.9 Å². The van der Waals surface area contributed by atoms with Gasteiger partial charge in [-0.3, -0.25) is 4.79 Å². The first kappa shape index (κ1) is 19.8. The van der Waals surface area contributed by atoms with Gasteiger partial charge in [-0.25, -0.2) is 0 Å². The van der Waals surface area contributed by atoms with Crippen molar-refractivity contribution in [3.63, 3.8) is 0 Å². The lowest BCUT2D eigenvalue weighted by atomic mass is 10.0. The summed E-state index contributed by atoms with van der Waals surface area (Å²) >= 11 is 0. The van der Waals surface area contributed by atoms with Crippen LogP contribution in [0.3, 0.4) is 0 Å². The standard InChI is InChI=1S/C23H21N3O3/c1-28-21-14-17(12-13-20(21)29-16-22(24)27)15-25-26-23(18-8-4-2-5-9-18)19-10-6-3-7-11-19/h2-15H,16H2,1H3,(H2,24,27)/b25-15+. The maximum atomic E-state index is 10.9. The number of ether oxygens (including phenoxy) is 2. The highest BCUT2D eigenvalue weighted by atomic mass is 16.5. The number of methoxy groups -OCH3 is 1. The molecule has 0 aromatic heterocycles. The topological polar surface area (TPSA) is 86.3 Å². The summed E-state index contributed by atoms with van der Waals surface area (Å²) in [5.74, 6) is 0.355. The number of hydrogen-bond donors (Lipinski definition) is 1. The minimum Gasteiger partial charge on any atom is -0.493 e. The van der Waals surface area contributed by atoms with Gasteiger partial charge in [0.2, 0.25) is 0 Å². The summed E-state index contributed by atoms with van der Waals surface area (Å²) in [4.78, 5) is 10.9. The van der Waals surface area contributed by atoms with E-state index >= 15 is 0 Å². The van der Waals surface area contributed by atoms with Gasteiger partial charge in [-0.15, -0.1) is 5.10 Å². The van der Waals surface area contributed by atoms with Gasteiger partial charge in [0.1, 0.15) is 5.71 Å². The Morgan fingerprint density at radius 3 is 2.10 bits per heavy atom. The molecule has 29 heavy (non-hydrogen) atoms. The van der Waals surface area contributed by atoms with Crippen molar-refractivity contribution in [1.82, 2.24) is 0 Å². The number of carbonyl (C=O) groups excluding carboxylic acids is 1. The molecule has 2 N–H and O–H groups in total. The molecule has 3 rings (SSSR count). The Labute approximate surface area is 169 Å². The van der Waals surface area contributed by atoms with Crippen molar-refractivity contribution in [1.29, 1.82) is 0 Å². The van der Waals surface area contributed by atoms with Crippen molar-refractivity contribution < 1.29 is 14.3 Å². The third kappa shape index (κ3) is 5.52. The van der Waals surface area contributed by atoms with Crippen LogP contribution >= 0.6 is 0 Å². The fraction of sp³-hybridized carbons (Fsp3) is 0.0870. The predicted molar refractivity (Wildman–Crippen MR) is 114 cm³/mol. The molecule has 0 aliphatic heterocycles. The number of primary amides is 1. The maximum Gasteiger partial charge on any atom is 0.255 e. The molecule has 146 valence electrons. The largest absolute Gasteiger partial charge is 0.493 e. The van der Waals surface area contributed by atoms with Gasteiger partial charge in [0.05, 0.1) is 13.3 Å². The molecule has 3 aromatic carbocycles. The first-order chi connectivity index (χ1) is 14.2. The lowest BCUT2D eigenvalue weighted by Gasteiger charge is -2.09. The number of benzene rings is 3. The zero-order valence-corrected chi connectivity index (χ0v) is 16.0. The van der Waals surface area contributed by atoms with Crippen LogP contribution in [0.15, 0.2) is 89.1 Å². The van der Waals surface area contributed by atoms with Crippen LogP contribution in [0.5, 0.6) is 11.5 Å². The van der Waals surface area contributed by atoms with E-state index in [4.69, 9.17) is 15.2 Å². The lowest BCUT2D eigenvalue weighted by molar-refractivity contribution is -0.119. The Morgan fingerprint density at radius 2 is 1.55 bits per heavy atom. The number of rotatable bonds is 8. The van der Waals surface area contributed by atoms with Crippen molar-refractivity contribution in [2.75, 3.05) is 13.7 Å². The third-order valence-electron chi connectivity index (χ3n) is 4.02. The van der Waals surface area contributed by atoms with Crippen molar-refractivity contribution in [3.05, 3.63) is 95.6 Å².